The molecule has 2 atom stereocenters. The molecule has 2 amide bonds. The van der Waals surface area contributed by atoms with E-state index in [1.54, 1.807) is 27.7 Å². The Kier molecular flexibility index (Phi) is 11.4. The Labute approximate surface area is 229 Å². The van der Waals surface area contributed by atoms with Crippen LogP contribution in [0.4, 0.5) is 5.69 Å². The molecule has 0 heterocycles. The monoisotopic (exact) mass is 538 g/mol. The number of methoxy groups -OCH3 is 2. The number of anilines is 1. The minimum Gasteiger partial charge on any atom is -0.467 e. The van der Waals surface area contributed by atoms with Crippen molar-refractivity contribution in [3.63, 3.8) is 0 Å². The highest BCUT2D eigenvalue weighted by Gasteiger charge is 2.26. The van der Waals surface area contributed by atoms with Gasteiger partial charge in [-0.05, 0) is 43.0 Å². The maximum atomic E-state index is 12.9. The largest absolute Gasteiger partial charge is 0.467 e. The molecule has 2 aromatic carbocycles. The zero-order valence-electron chi connectivity index (χ0n) is 23.5. The summed E-state index contributed by atoms with van der Waals surface area (Å²) in [6.07, 6.45) is 1.08. The summed E-state index contributed by atoms with van der Waals surface area (Å²) in [6.45, 7) is 7.01. The predicted molar refractivity (Wildman–Crippen MR) is 147 cm³/mol. The first-order valence-electron chi connectivity index (χ1n) is 12.9. The summed E-state index contributed by atoms with van der Waals surface area (Å²) in [6, 6.07) is 13.1. The zero-order valence-corrected chi connectivity index (χ0v) is 23.5. The zero-order chi connectivity index (χ0) is 29.2. The number of carbonyl (C=O) groups excluding carboxylic acids is 5. The summed E-state index contributed by atoms with van der Waals surface area (Å²) in [5.41, 5.74) is 0.895. The smallest absolute Gasteiger partial charge is 0.339 e. The predicted octanol–water partition coefficient (Wildman–Crippen LogP) is 4.35. The van der Waals surface area contributed by atoms with Crippen molar-refractivity contribution < 1.29 is 33.4 Å². The standard InChI is InChI=1S/C30H38N2O7/c1-19(17-20-11-8-7-9-12-20)26(34)31-24(28(36)39-6)13-10-14-25(33)21-15-16-23(22(18-21)27(35)38-5)32-29(37)30(2,3)4/h7-9,11-12,15-16,18-19,24H,10,13-14,17H2,1-6H3,(H,31,34)(H,32,37)/t19-,24-/m0/s1. The lowest BCUT2D eigenvalue weighted by Crippen LogP contribution is -2.44. The summed E-state index contributed by atoms with van der Waals surface area (Å²) < 4.78 is 9.68. The molecule has 0 aliphatic heterocycles. The maximum Gasteiger partial charge on any atom is 0.339 e. The molecule has 0 aliphatic rings. The van der Waals surface area contributed by atoms with E-state index in [0.717, 1.165) is 5.56 Å². The minimum absolute atomic E-state index is 0.0630. The number of Topliss-reactive ketones (excluding diaryl/α,β-unsaturated/α-hetero) is 1. The highest BCUT2D eigenvalue weighted by molar-refractivity contribution is 6.05. The van der Waals surface area contributed by atoms with Crippen molar-refractivity contribution >= 4 is 35.2 Å². The summed E-state index contributed by atoms with van der Waals surface area (Å²) >= 11 is 0. The number of ether oxygens (including phenoxy) is 2. The highest BCUT2D eigenvalue weighted by Crippen LogP contribution is 2.24. The molecule has 0 aliphatic carbocycles. The molecule has 0 unspecified atom stereocenters. The lowest BCUT2D eigenvalue weighted by molar-refractivity contribution is -0.145. The minimum atomic E-state index is -0.894. The van der Waals surface area contributed by atoms with E-state index in [1.807, 2.05) is 30.3 Å². The quantitative estimate of drug-likeness (QED) is 0.304. The molecule has 0 spiro atoms. The van der Waals surface area contributed by atoms with Gasteiger partial charge >= 0.3 is 11.9 Å². The Bertz CT molecular complexity index is 1190. The number of amides is 2. The van der Waals surface area contributed by atoms with Gasteiger partial charge in [0.15, 0.2) is 5.78 Å². The SMILES string of the molecule is COC(=O)c1cc(C(=O)CCC[C@H](NC(=O)[C@@H](C)Cc2ccccc2)C(=O)OC)ccc1NC(=O)C(C)(C)C. The third-order valence-electron chi connectivity index (χ3n) is 6.21. The van der Waals surface area contributed by atoms with Crippen molar-refractivity contribution in [2.24, 2.45) is 11.3 Å². The van der Waals surface area contributed by atoms with E-state index in [4.69, 9.17) is 9.47 Å². The van der Waals surface area contributed by atoms with Gasteiger partial charge in [0.2, 0.25) is 11.8 Å². The average Bonchev–Trinajstić information content (AvgIpc) is 2.91. The third kappa shape index (κ3) is 9.35. The normalized spacial score (nSPS) is 12.6. The van der Waals surface area contributed by atoms with Crippen LogP contribution >= 0.6 is 0 Å². The Balaban J connectivity index is 2.05. The van der Waals surface area contributed by atoms with Crippen LogP contribution in [0.2, 0.25) is 0 Å². The molecule has 0 saturated heterocycles. The summed E-state index contributed by atoms with van der Waals surface area (Å²) in [5, 5.41) is 5.45. The van der Waals surface area contributed by atoms with Gasteiger partial charge < -0.3 is 20.1 Å². The summed E-state index contributed by atoms with van der Waals surface area (Å²) in [4.78, 5) is 62.7. The number of hydrogen-bond donors (Lipinski definition) is 2. The van der Waals surface area contributed by atoms with Crippen LogP contribution in [-0.2, 0) is 30.3 Å². The van der Waals surface area contributed by atoms with E-state index in [2.05, 4.69) is 10.6 Å². The molecule has 9 nitrogen and oxygen atoms in total. The van der Waals surface area contributed by atoms with Crippen molar-refractivity contribution in [2.75, 3.05) is 19.5 Å². The second-order valence-electron chi connectivity index (χ2n) is 10.4. The Hall–Kier alpha value is -4.01. The van der Waals surface area contributed by atoms with Crippen molar-refractivity contribution in [3.8, 4) is 0 Å². The van der Waals surface area contributed by atoms with E-state index in [9.17, 15) is 24.0 Å². The average molecular weight is 539 g/mol. The number of benzene rings is 2. The number of nitrogens with one attached hydrogen (secondary N) is 2. The Morgan fingerprint density at radius 2 is 1.59 bits per heavy atom. The number of rotatable bonds is 12. The third-order valence-corrected chi connectivity index (χ3v) is 6.21. The van der Waals surface area contributed by atoms with E-state index in [0.29, 0.717) is 12.8 Å². The molecule has 0 bridgehead atoms. The van der Waals surface area contributed by atoms with Gasteiger partial charge in [-0.2, -0.15) is 0 Å². The van der Waals surface area contributed by atoms with Gasteiger partial charge in [0.25, 0.3) is 0 Å². The number of esters is 2. The van der Waals surface area contributed by atoms with Crippen LogP contribution in [0, 0.1) is 11.3 Å². The molecule has 39 heavy (non-hydrogen) atoms. The first-order valence-corrected chi connectivity index (χ1v) is 12.9. The van der Waals surface area contributed by atoms with E-state index in [-0.39, 0.29) is 53.2 Å². The number of ketones is 1. The second-order valence-corrected chi connectivity index (χ2v) is 10.4. The molecular weight excluding hydrogens is 500 g/mol. The van der Waals surface area contributed by atoms with Gasteiger partial charge in [0, 0.05) is 23.3 Å². The van der Waals surface area contributed by atoms with Gasteiger partial charge in [-0.3, -0.25) is 14.4 Å². The molecule has 2 N–H and O–H groups in total. The summed E-state index contributed by atoms with van der Waals surface area (Å²) in [5.74, 6) is -2.48. The maximum absolute atomic E-state index is 12.9. The molecule has 0 saturated carbocycles. The van der Waals surface area contributed by atoms with Gasteiger partial charge in [-0.15, -0.1) is 0 Å². The molecule has 0 aromatic heterocycles. The fourth-order valence-electron chi connectivity index (χ4n) is 3.79. The van der Waals surface area contributed by atoms with E-state index >= 15 is 0 Å². The first kappa shape index (κ1) is 31.2. The van der Waals surface area contributed by atoms with Crippen LogP contribution in [0.15, 0.2) is 48.5 Å². The lowest BCUT2D eigenvalue weighted by Gasteiger charge is -2.20. The van der Waals surface area contributed by atoms with Gasteiger partial charge in [-0.25, -0.2) is 9.59 Å². The number of carbonyl (C=O) groups is 5. The second kappa shape index (κ2) is 14.2. The van der Waals surface area contributed by atoms with Crippen LogP contribution in [0.5, 0.6) is 0 Å². The van der Waals surface area contributed by atoms with Crippen LogP contribution < -0.4 is 10.6 Å². The lowest BCUT2D eigenvalue weighted by atomic mass is 9.95. The topological polar surface area (TPSA) is 128 Å². The van der Waals surface area contributed by atoms with Crippen LogP contribution in [0.25, 0.3) is 0 Å². The molecule has 9 heteroatoms. The first-order chi connectivity index (χ1) is 18.4. The fraction of sp³-hybridized carbons (Fsp3) is 0.433. The molecular formula is C30H38N2O7. The molecule has 0 radical (unpaired) electrons. The van der Waals surface area contributed by atoms with Gasteiger partial charge in [0.05, 0.1) is 25.5 Å². The fourth-order valence-corrected chi connectivity index (χ4v) is 3.79. The van der Waals surface area contributed by atoms with Crippen LogP contribution in [0.1, 0.15) is 73.2 Å². The Morgan fingerprint density at radius 1 is 0.923 bits per heavy atom. The van der Waals surface area contributed by atoms with Crippen LogP contribution in [-0.4, -0.2) is 49.8 Å². The van der Waals surface area contributed by atoms with Gasteiger partial charge in [-0.1, -0.05) is 58.0 Å². The molecule has 2 rings (SSSR count). The molecule has 2 aromatic rings. The van der Waals surface area contributed by atoms with E-state index < -0.39 is 23.4 Å². The van der Waals surface area contributed by atoms with Crippen molar-refractivity contribution in [3.05, 3.63) is 65.2 Å². The van der Waals surface area contributed by atoms with Crippen molar-refractivity contribution in [1.29, 1.82) is 0 Å². The van der Waals surface area contributed by atoms with Gasteiger partial charge in [0.1, 0.15) is 6.04 Å². The van der Waals surface area contributed by atoms with Crippen molar-refractivity contribution in [2.45, 2.75) is 59.4 Å². The molecule has 210 valence electrons. The summed E-state index contributed by atoms with van der Waals surface area (Å²) in [7, 11) is 2.46. The van der Waals surface area contributed by atoms with Crippen LogP contribution in [0.3, 0.4) is 0 Å². The van der Waals surface area contributed by atoms with Crippen molar-refractivity contribution in [1.82, 2.24) is 5.32 Å². The highest BCUT2D eigenvalue weighted by atomic mass is 16.5. The Morgan fingerprint density at radius 3 is 2.18 bits per heavy atom. The van der Waals surface area contributed by atoms with E-state index in [1.165, 1.54) is 32.4 Å². The molecule has 0 fully saturated rings. The number of hydrogen-bond acceptors (Lipinski definition) is 7.